The topological polar surface area (TPSA) is 95.7 Å². The van der Waals surface area contributed by atoms with Crippen LogP contribution in [0, 0.1) is 5.82 Å². The molecule has 9 heteroatoms. The molecule has 0 aliphatic rings. The van der Waals surface area contributed by atoms with Gasteiger partial charge in [-0.1, -0.05) is 42.5 Å². The highest BCUT2D eigenvalue weighted by Gasteiger charge is 2.23. The van der Waals surface area contributed by atoms with Gasteiger partial charge in [0.1, 0.15) is 12.4 Å². The fraction of sp³-hybridized carbons (Fsp3) is 0.160. The molecule has 2 aromatic heterocycles. The molecule has 0 radical (unpaired) electrons. The third kappa shape index (κ3) is 5.57. The average molecular weight is 463 g/mol. The third-order valence-electron chi connectivity index (χ3n) is 4.87. The smallest absolute Gasteiger partial charge is 0.358 e. The molecule has 0 aliphatic heterocycles. The van der Waals surface area contributed by atoms with Gasteiger partial charge in [0.2, 0.25) is 5.75 Å². The summed E-state index contributed by atoms with van der Waals surface area (Å²) in [6.07, 6.45) is 3.64. The minimum atomic E-state index is -1.27. The fourth-order valence-corrected chi connectivity index (χ4v) is 3.28. The molecule has 0 amide bonds. The number of nitrogens with zero attached hydrogens (tertiary/aromatic N) is 3. The Morgan fingerprint density at radius 2 is 1.76 bits per heavy atom. The Kier molecular flexibility index (Phi) is 7.14. The van der Waals surface area contributed by atoms with E-state index in [1.807, 2.05) is 42.6 Å². The van der Waals surface area contributed by atoms with Crippen LogP contribution in [0.1, 0.15) is 21.9 Å². The molecule has 2 aromatic carbocycles. The number of methoxy groups -OCH3 is 1. The van der Waals surface area contributed by atoms with Crippen LogP contribution >= 0.6 is 0 Å². The summed E-state index contributed by atoms with van der Waals surface area (Å²) in [4.78, 5) is 20.6. The monoisotopic (exact) mass is 463 g/mol. The molecule has 2 heterocycles. The predicted octanol–water partition coefficient (Wildman–Crippen LogP) is 4.39. The highest BCUT2D eigenvalue weighted by atomic mass is 19.1. The molecule has 0 bridgehead atoms. The number of halogens is 1. The molecule has 8 nitrogen and oxygen atoms in total. The molecule has 34 heavy (non-hydrogen) atoms. The molecule has 4 rings (SSSR count). The number of carbonyl (C=O) groups is 1. The fourth-order valence-electron chi connectivity index (χ4n) is 3.28. The standard InChI is InChI=1S/C25H22FN3O5/c1-32-16-34-24-23(33-15-17-5-3-2-4-6-17)22(25(30)31)27-21(28-24)14-29-12-11-19(13-29)18-7-9-20(26)10-8-18/h2-13H,14-16H2,1H3,(H,30,31). The van der Waals surface area contributed by atoms with E-state index in [1.54, 1.807) is 22.9 Å². The van der Waals surface area contributed by atoms with Crippen molar-refractivity contribution in [2.75, 3.05) is 13.9 Å². The van der Waals surface area contributed by atoms with Crippen LogP contribution in [0.5, 0.6) is 11.6 Å². The number of ether oxygens (including phenoxy) is 3. The van der Waals surface area contributed by atoms with Gasteiger partial charge in [-0.3, -0.25) is 0 Å². The first-order chi connectivity index (χ1) is 16.5. The highest BCUT2D eigenvalue weighted by molar-refractivity contribution is 5.89. The first-order valence-corrected chi connectivity index (χ1v) is 10.4. The lowest BCUT2D eigenvalue weighted by Gasteiger charge is -2.15. The molecule has 0 aliphatic carbocycles. The van der Waals surface area contributed by atoms with Crippen LogP contribution in [-0.2, 0) is 17.9 Å². The van der Waals surface area contributed by atoms with Crippen LogP contribution in [0.25, 0.3) is 11.1 Å². The third-order valence-corrected chi connectivity index (χ3v) is 4.87. The van der Waals surface area contributed by atoms with Gasteiger partial charge in [-0.15, -0.1) is 0 Å². The Hall–Kier alpha value is -4.24. The highest BCUT2D eigenvalue weighted by Crippen LogP contribution is 2.30. The summed E-state index contributed by atoms with van der Waals surface area (Å²) in [5, 5.41) is 9.78. The van der Waals surface area contributed by atoms with Crippen molar-refractivity contribution in [1.82, 2.24) is 14.5 Å². The summed E-state index contributed by atoms with van der Waals surface area (Å²) in [5.41, 5.74) is 2.26. The van der Waals surface area contributed by atoms with E-state index in [1.165, 1.54) is 19.2 Å². The number of carboxylic acid groups (broad SMARTS) is 1. The normalized spacial score (nSPS) is 10.8. The number of hydrogen-bond acceptors (Lipinski definition) is 6. The second-order valence-corrected chi connectivity index (χ2v) is 7.33. The van der Waals surface area contributed by atoms with Crippen LogP contribution in [0.3, 0.4) is 0 Å². The minimum Gasteiger partial charge on any atom is -0.481 e. The maximum Gasteiger partial charge on any atom is 0.358 e. The van der Waals surface area contributed by atoms with E-state index in [-0.39, 0.29) is 48.9 Å². The number of aromatic nitrogens is 3. The van der Waals surface area contributed by atoms with Crippen LogP contribution in [-0.4, -0.2) is 39.5 Å². The largest absolute Gasteiger partial charge is 0.481 e. The molecule has 0 fully saturated rings. The predicted molar refractivity (Wildman–Crippen MR) is 121 cm³/mol. The Balaban J connectivity index is 1.62. The maximum absolute atomic E-state index is 13.2. The van der Waals surface area contributed by atoms with E-state index in [4.69, 9.17) is 14.2 Å². The molecule has 0 saturated carbocycles. The average Bonchev–Trinajstić information content (AvgIpc) is 3.31. The van der Waals surface area contributed by atoms with E-state index in [0.717, 1.165) is 16.7 Å². The van der Waals surface area contributed by atoms with Gasteiger partial charge in [0.05, 0.1) is 6.54 Å². The lowest BCUT2D eigenvalue weighted by molar-refractivity contribution is 0.0437. The summed E-state index contributed by atoms with van der Waals surface area (Å²) in [5.74, 6) is -1.45. The molecule has 0 unspecified atom stereocenters. The SMILES string of the molecule is COCOc1nc(Cn2ccc(-c3ccc(F)cc3)c2)nc(C(=O)O)c1OCc1ccccc1. The summed E-state index contributed by atoms with van der Waals surface area (Å²) < 4.78 is 31.3. The Morgan fingerprint density at radius 3 is 2.47 bits per heavy atom. The van der Waals surface area contributed by atoms with Crippen LogP contribution in [0.15, 0.2) is 73.1 Å². The molecule has 1 N–H and O–H groups in total. The molecular weight excluding hydrogens is 441 g/mol. The zero-order valence-electron chi connectivity index (χ0n) is 18.3. The maximum atomic E-state index is 13.2. The second-order valence-electron chi connectivity index (χ2n) is 7.33. The van der Waals surface area contributed by atoms with Gasteiger partial charge in [-0.05, 0) is 34.9 Å². The number of benzene rings is 2. The first-order valence-electron chi connectivity index (χ1n) is 10.4. The van der Waals surface area contributed by atoms with Crippen LogP contribution < -0.4 is 9.47 Å². The van der Waals surface area contributed by atoms with Crippen LogP contribution in [0.4, 0.5) is 4.39 Å². The van der Waals surface area contributed by atoms with E-state index in [2.05, 4.69) is 9.97 Å². The van der Waals surface area contributed by atoms with Crippen molar-refractivity contribution in [3.8, 4) is 22.8 Å². The quantitative estimate of drug-likeness (QED) is 0.349. The van der Waals surface area contributed by atoms with Gasteiger partial charge < -0.3 is 23.9 Å². The van der Waals surface area contributed by atoms with Crippen molar-refractivity contribution in [3.05, 3.63) is 96.0 Å². The Labute approximate surface area is 195 Å². The number of rotatable bonds is 10. The van der Waals surface area contributed by atoms with Crippen molar-refractivity contribution in [3.63, 3.8) is 0 Å². The lowest BCUT2D eigenvalue weighted by Crippen LogP contribution is -2.14. The van der Waals surface area contributed by atoms with Crippen molar-refractivity contribution in [2.45, 2.75) is 13.2 Å². The molecule has 0 atom stereocenters. The number of carboxylic acids is 1. The van der Waals surface area contributed by atoms with E-state index in [0.29, 0.717) is 0 Å². The van der Waals surface area contributed by atoms with E-state index < -0.39 is 5.97 Å². The van der Waals surface area contributed by atoms with Gasteiger partial charge >= 0.3 is 5.97 Å². The molecule has 0 spiro atoms. The van der Waals surface area contributed by atoms with E-state index in [9.17, 15) is 14.3 Å². The summed E-state index contributed by atoms with van der Waals surface area (Å²) in [6.45, 7) is 0.158. The summed E-state index contributed by atoms with van der Waals surface area (Å²) in [6, 6.07) is 17.3. The summed E-state index contributed by atoms with van der Waals surface area (Å²) in [7, 11) is 1.45. The van der Waals surface area contributed by atoms with Gasteiger partial charge in [0.15, 0.2) is 18.3 Å². The van der Waals surface area contributed by atoms with Gasteiger partial charge in [0.25, 0.3) is 5.88 Å². The zero-order valence-corrected chi connectivity index (χ0v) is 18.3. The molecular formula is C25H22FN3O5. The van der Waals surface area contributed by atoms with Crippen molar-refractivity contribution < 1.29 is 28.5 Å². The second kappa shape index (κ2) is 10.6. The Bertz CT molecular complexity index is 1260. The van der Waals surface area contributed by atoms with Gasteiger partial charge in [0, 0.05) is 19.5 Å². The minimum absolute atomic E-state index is 0.0221. The van der Waals surface area contributed by atoms with Gasteiger partial charge in [-0.2, -0.15) is 4.98 Å². The molecule has 4 aromatic rings. The van der Waals surface area contributed by atoms with Crippen molar-refractivity contribution >= 4 is 5.97 Å². The van der Waals surface area contributed by atoms with Gasteiger partial charge in [-0.25, -0.2) is 14.2 Å². The molecule has 0 saturated heterocycles. The first kappa shape index (κ1) is 22.9. The molecule has 174 valence electrons. The number of hydrogen-bond donors (Lipinski definition) is 1. The lowest BCUT2D eigenvalue weighted by atomic mass is 10.1. The van der Waals surface area contributed by atoms with E-state index >= 15 is 0 Å². The summed E-state index contributed by atoms with van der Waals surface area (Å²) >= 11 is 0. The van der Waals surface area contributed by atoms with Crippen molar-refractivity contribution in [2.24, 2.45) is 0 Å². The van der Waals surface area contributed by atoms with Crippen molar-refractivity contribution in [1.29, 1.82) is 0 Å². The Morgan fingerprint density at radius 1 is 1.00 bits per heavy atom. The van der Waals surface area contributed by atoms with Crippen LogP contribution in [0.2, 0.25) is 0 Å². The number of aromatic carboxylic acids is 1. The zero-order chi connectivity index (χ0) is 23.9.